The summed E-state index contributed by atoms with van der Waals surface area (Å²) in [5.74, 6) is 4.05. The van der Waals surface area contributed by atoms with E-state index in [0.29, 0.717) is 11.8 Å². The molecule has 1 unspecified atom stereocenters. The summed E-state index contributed by atoms with van der Waals surface area (Å²) in [6.45, 7) is 12.3. The molecule has 29 heavy (non-hydrogen) atoms. The van der Waals surface area contributed by atoms with E-state index in [0.717, 1.165) is 42.4 Å². The predicted octanol–water partition coefficient (Wildman–Crippen LogP) is 6.67. The van der Waals surface area contributed by atoms with Crippen molar-refractivity contribution in [3.63, 3.8) is 0 Å². The van der Waals surface area contributed by atoms with Crippen LogP contribution in [0.1, 0.15) is 98.8 Å². The number of aliphatic hydroxyl groups is 2. The first kappa shape index (κ1) is 23.1. The summed E-state index contributed by atoms with van der Waals surface area (Å²) >= 11 is 0. The van der Waals surface area contributed by atoms with Crippen LogP contribution in [0.25, 0.3) is 0 Å². The van der Waals surface area contributed by atoms with E-state index in [9.17, 15) is 10.2 Å². The second-order valence-corrected chi connectivity index (χ2v) is 11.4. The molecule has 3 saturated carbocycles. The summed E-state index contributed by atoms with van der Waals surface area (Å²) in [5, 5.41) is 20.0. The SMILES string of the molecule is CC(C)[C@@H](C)CC[C@@H](C)C1CC[C@H]2/C(=C/C=C3C[C@@H](O)C[C@H](O)C3)CCC[C@]12C. The van der Waals surface area contributed by atoms with Crippen molar-refractivity contribution in [3.8, 4) is 0 Å². The number of rotatable bonds is 6. The summed E-state index contributed by atoms with van der Waals surface area (Å²) in [4.78, 5) is 0. The Kier molecular flexibility index (Phi) is 7.71. The van der Waals surface area contributed by atoms with Gasteiger partial charge in [-0.25, -0.2) is 0 Å². The van der Waals surface area contributed by atoms with Gasteiger partial charge in [0.25, 0.3) is 0 Å². The molecule has 0 saturated heterocycles. The van der Waals surface area contributed by atoms with E-state index in [-0.39, 0.29) is 12.2 Å². The van der Waals surface area contributed by atoms with Crippen LogP contribution in [-0.2, 0) is 0 Å². The molecule has 0 aliphatic heterocycles. The third-order valence-corrected chi connectivity index (χ3v) is 9.01. The molecule has 0 amide bonds. The minimum Gasteiger partial charge on any atom is -0.393 e. The number of allylic oxidation sites excluding steroid dienone is 3. The Bertz CT molecular complexity index is 592. The van der Waals surface area contributed by atoms with Crippen molar-refractivity contribution in [1.29, 1.82) is 0 Å². The highest BCUT2D eigenvalue weighted by atomic mass is 16.3. The molecule has 2 N–H and O–H groups in total. The Morgan fingerprint density at radius 2 is 1.69 bits per heavy atom. The second-order valence-electron chi connectivity index (χ2n) is 11.4. The lowest BCUT2D eigenvalue weighted by atomic mass is 9.60. The maximum absolute atomic E-state index is 9.98. The highest BCUT2D eigenvalue weighted by Gasteiger charge is 2.50. The van der Waals surface area contributed by atoms with Gasteiger partial charge in [0.2, 0.25) is 0 Å². The minimum atomic E-state index is -0.370. The molecule has 3 fully saturated rings. The van der Waals surface area contributed by atoms with Crippen LogP contribution in [0.4, 0.5) is 0 Å². The molecular weight excluding hydrogens is 356 g/mol. The van der Waals surface area contributed by atoms with Gasteiger partial charge in [-0.15, -0.1) is 0 Å². The molecule has 0 aromatic carbocycles. The Balaban J connectivity index is 1.68. The summed E-state index contributed by atoms with van der Waals surface area (Å²) in [5.41, 5.74) is 3.34. The Morgan fingerprint density at radius 1 is 1.00 bits per heavy atom. The van der Waals surface area contributed by atoms with E-state index in [1.54, 1.807) is 5.57 Å². The molecule has 3 aliphatic rings. The van der Waals surface area contributed by atoms with Crippen LogP contribution >= 0.6 is 0 Å². The van der Waals surface area contributed by atoms with Crippen molar-refractivity contribution in [1.82, 2.24) is 0 Å². The molecule has 0 aromatic heterocycles. The van der Waals surface area contributed by atoms with Crippen molar-refractivity contribution in [2.45, 2.75) is 111 Å². The second kappa shape index (κ2) is 9.69. The molecule has 0 radical (unpaired) electrons. The van der Waals surface area contributed by atoms with E-state index in [1.807, 2.05) is 0 Å². The Labute approximate surface area is 179 Å². The molecule has 3 aliphatic carbocycles. The maximum Gasteiger partial charge on any atom is 0.0602 e. The first-order chi connectivity index (χ1) is 13.7. The van der Waals surface area contributed by atoms with Crippen LogP contribution in [0, 0.1) is 35.0 Å². The normalized spacial score (nSPS) is 38.9. The van der Waals surface area contributed by atoms with Gasteiger partial charge in [0.1, 0.15) is 0 Å². The molecule has 2 heteroatoms. The third-order valence-electron chi connectivity index (χ3n) is 9.01. The van der Waals surface area contributed by atoms with Crippen LogP contribution in [0.2, 0.25) is 0 Å². The summed E-state index contributed by atoms with van der Waals surface area (Å²) in [7, 11) is 0. The van der Waals surface area contributed by atoms with E-state index >= 15 is 0 Å². The van der Waals surface area contributed by atoms with E-state index in [4.69, 9.17) is 0 Å². The lowest BCUT2D eigenvalue weighted by Gasteiger charge is -2.44. The van der Waals surface area contributed by atoms with Crippen molar-refractivity contribution in [2.75, 3.05) is 0 Å². The van der Waals surface area contributed by atoms with Gasteiger partial charge in [-0.3, -0.25) is 0 Å². The van der Waals surface area contributed by atoms with Gasteiger partial charge >= 0.3 is 0 Å². The topological polar surface area (TPSA) is 40.5 Å². The standard InChI is InChI=1S/C27H46O2/c1-18(2)19(3)8-9-20(4)25-12-13-26-22(7-6-14-27(25,26)5)11-10-21-15-23(28)17-24(29)16-21/h10-11,18-20,23-26,28-29H,6-9,12-17H2,1-5H3/b22-11+/t19-,20+,23+,24+,25?,26-,27+/m0/s1. The highest BCUT2D eigenvalue weighted by molar-refractivity contribution is 5.26. The summed E-state index contributed by atoms with van der Waals surface area (Å²) in [6, 6.07) is 0. The van der Waals surface area contributed by atoms with E-state index in [2.05, 4.69) is 46.8 Å². The molecule has 0 aromatic rings. The largest absolute Gasteiger partial charge is 0.393 e. The quantitative estimate of drug-likeness (QED) is 0.521. The van der Waals surface area contributed by atoms with Crippen molar-refractivity contribution < 1.29 is 10.2 Å². The molecule has 166 valence electrons. The highest BCUT2D eigenvalue weighted by Crippen LogP contribution is 2.60. The van der Waals surface area contributed by atoms with Crippen LogP contribution in [-0.4, -0.2) is 22.4 Å². The zero-order chi connectivity index (χ0) is 21.2. The molecule has 2 nitrogen and oxygen atoms in total. The Hall–Kier alpha value is -0.600. The Morgan fingerprint density at radius 3 is 2.34 bits per heavy atom. The van der Waals surface area contributed by atoms with Gasteiger partial charge in [-0.2, -0.15) is 0 Å². The fourth-order valence-electron chi connectivity index (χ4n) is 6.80. The molecular formula is C27H46O2. The van der Waals surface area contributed by atoms with Crippen LogP contribution in [0.5, 0.6) is 0 Å². The van der Waals surface area contributed by atoms with Crippen LogP contribution < -0.4 is 0 Å². The van der Waals surface area contributed by atoms with Gasteiger partial charge in [-0.05, 0) is 86.4 Å². The first-order valence-electron chi connectivity index (χ1n) is 12.4. The number of aliphatic hydroxyl groups excluding tert-OH is 2. The van der Waals surface area contributed by atoms with E-state index < -0.39 is 0 Å². The smallest absolute Gasteiger partial charge is 0.0602 e. The molecule has 7 atom stereocenters. The lowest BCUT2D eigenvalue weighted by Crippen LogP contribution is -2.36. The summed E-state index contributed by atoms with van der Waals surface area (Å²) in [6.07, 6.45) is 15.3. The van der Waals surface area contributed by atoms with Gasteiger partial charge in [0.15, 0.2) is 0 Å². The zero-order valence-electron chi connectivity index (χ0n) is 19.7. The minimum absolute atomic E-state index is 0.370. The lowest BCUT2D eigenvalue weighted by molar-refractivity contribution is 0.0609. The van der Waals surface area contributed by atoms with Gasteiger partial charge in [-0.1, -0.05) is 70.8 Å². The average molecular weight is 403 g/mol. The predicted molar refractivity (Wildman–Crippen MR) is 123 cm³/mol. The van der Waals surface area contributed by atoms with Crippen molar-refractivity contribution >= 4 is 0 Å². The van der Waals surface area contributed by atoms with Crippen molar-refractivity contribution in [3.05, 3.63) is 23.3 Å². The maximum atomic E-state index is 9.98. The summed E-state index contributed by atoms with van der Waals surface area (Å²) < 4.78 is 0. The van der Waals surface area contributed by atoms with E-state index in [1.165, 1.54) is 50.5 Å². The average Bonchev–Trinajstić information content (AvgIpc) is 3.00. The van der Waals surface area contributed by atoms with Crippen LogP contribution in [0.15, 0.2) is 23.3 Å². The monoisotopic (exact) mass is 402 g/mol. The first-order valence-corrected chi connectivity index (χ1v) is 12.4. The molecule has 0 spiro atoms. The fraction of sp³-hybridized carbons (Fsp3) is 0.852. The van der Waals surface area contributed by atoms with Gasteiger partial charge in [0.05, 0.1) is 12.2 Å². The molecule has 0 bridgehead atoms. The number of hydrogen-bond acceptors (Lipinski definition) is 2. The zero-order valence-corrected chi connectivity index (χ0v) is 19.7. The molecule has 0 heterocycles. The third kappa shape index (κ3) is 5.37. The number of hydrogen-bond donors (Lipinski definition) is 2. The molecule has 3 rings (SSSR count). The van der Waals surface area contributed by atoms with Gasteiger partial charge < -0.3 is 10.2 Å². The van der Waals surface area contributed by atoms with Crippen LogP contribution in [0.3, 0.4) is 0 Å². The van der Waals surface area contributed by atoms with Gasteiger partial charge in [0, 0.05) is 0 Å². The fourth-order valence-corrected chi connectivity index (χ4v) is 6.80. The van der Waals surface area contributed by atoms with Crippen molar-refractivity contribution in [2.24, 2.45) is 35.0 Å². The number of fused-ring (bicyclic) bond motifs is 1.